The summed E-state index contributed by atoms with van der Waals surface area (Å²) in [5.41, 5.74) is 1.91. The van der Waals surface area contributed by atoms with Crippen LogP contribution in [0.5, 0.6) is 5.75 Å². The zero-order chi connectivity index (χ0) is 13.8. The van der Waals surface area contributed by atoms with Gasteiger partial charge in [-0.3, -0.25) is 4.79 Å². The lowest BCUT2D eigenvalue weighted by molar-refractivity contribution is 0.0601. The van der Waals surface area contributed by atoms with Crippen LogP contribution in [0.25, 0.3) is 11.1 Å². The number of benzene rings is 2. The average Bonchev–Trinajstić information content (AvgIpc) is 2.47. The van der Waals surface area contributed by atoms with Crippen LogP contribution in [-0.4, -0.2) is 24.5 Å². The second kappa shape index (κ2) is 5.35. The monoisotopic (exact) mass is 256 g/mol. The average molecular weight is 256 g/mol. The van der Waals surface area contributed by atoms with E-state index >= 15 is 0 Å². The summed E-state index contributed by atoms with van der Waals surface area (Å²) in [5.74, 6) is -0.536. The summed E-state index contributed by atoms with van der Waals surface area (Å²) < 4.78 is 4.72. The van der Waals surface area contributed by atoms with Gasteiger partial charge in [-0.05, 0) is 29.3 Å². The van der Waals surface area contributed by atoms with Gasteiger partial charge in [0.25, 0.3) is 0 Å². The fraction of sp³-hybridized carbons (Fsp3) is 0.0667. The van der Waals surface area contributed by atoms with E-state index in [2.05, 4.69) is 0 Å². The molecule has 2 aromatic carbocycles. The molecule has 0 heterocycles. The first-order valence-corrected chi connectivity index (χ1v) is 5.63. The van der Waals surface area contributed by atoms with E-state index in [9.17, 15) is 14.7 Å². The smallest absolute Gasteiger partial charge is 0.338 e. The van der Waals surface area contributed by atoms with Crippen LogP contribution in [0.2, 0.25) is 0 Å². The Morgan fingerprint density at radius 1 is 1.21 bits per heavy atom. The van der Waals surface area contributed by atoms with Gasteiger partial charge >= 0.3 is 5.97 Å². The highest BCUT2D eigenvalue weighted by molar-refractivity contribution is 5.97. The van der Waals surface area contributed by atoms with Crippen LogP contribution in [0.4, 0.5) is 0 Å². The molecule has 2 aromatic rings. The highest BCUT2D eigenvalue weighted by atomic mass is 16.5. The van der Waals surface area contributed by atoms with Gasteiger partial charge in [-0.25, -0.2) is 4.79 Å². The predicted molar refractivity (Wildman–Crippen MR) is 70.3 cm³/mol. The van der Waals surface area contributed by atoms with Crippen LogP contribution in [0, 0.1) is 0 Å². The molecule has 1 N–H and O–H groups in total. The molecule has 0 fully saturated rings. The third kappa shape index (κ3) is 2.47. The third-order valence-electron chi connectivity index (χ3n) is 2.80. The van der Waals surface area contributed by atoms with Crippen molar-refractivity contribution in [3.63, 3.8) is 0 Å². The minimum atomic E-state index is -0.448. The fourth-order valence-corrected chi connectivity index (χ4v) is 1.84. The molecule has 0 radical (unpaired) electrons. The summed E-state index contributed by atoms with van der Waals surface area (Å²) >= 11 is 0. The number of rotatable bonds is 3. The molecule has 4 nitrogen and oxygen atoms in total. The van der Waals surface area contributed by atoms with E-state index < -0.39 is 5.97 Å². The fourth-order valence-electron chi connectivity index (χ4n) is 1.84. The van der Waals surface area contributed by atoms with Crippen molar-refractivity contribution in [2.24, 2.45) is 0 Å². The topological polar surface area (TPSA) is 63.6 Å². The van der Waals surface area contributed by atoms with E-state index in [0.717, 1.165) is 0 Å². The lowest BCUT2D eigenvalue weighted by Crippen LogP contribution is -2.03. The molecule has 0 bridgehead atoms. The lowest BCUT2D eigenvalue weighted by atomic mass is 9.98. The number of phenols is 1. The van der Waals surface area contributed by atoms with Gasteiger partial charge in [-0.15, -0.1) is 0 Å². The Morgan fingerprint density at radius 3 is 2.63 bits per heavy atom. The predicted octanol–water partition coefficient (Wildman–Crippen LogP) is 2.66. The van der Waals surface area contributed by atoms with E-state index in [0.29, 0.717) is 23.0 Å². The number of aromatic hydroxyl groups is 1. The van der Waals surface area contributed by atoms with Crippen molar-refractivity contribution < 1.29 is 19.4 Å². The Labute approximate surface area is 110 Å². The first-order valence-electron chi connectivity index (χ1n) is 5.63. The standard InChI is InChI=1S/C15H12O4/c1-19-15(18)13-5-3-2-4-12(13)10-6-7-14(17)11(8-10)9-16/h2-9,17H,1H3. The van der Waals surface area contributed by atoms with Gasteiger partial charge in [0.2, 0.25) is 0 Å². The number of methoxy groups -OCH3 is 1. The molecule has 0 saturated carbocycles. The van der Waals surface area contributed by atoms with Crippen molar-refractivity contribution in [3.8, 4) is 16.9 Å². The second-order valence-corrected chi connectivity index (χ2v) is 3.93. The largest absolute Gasteiger partial charge is 0.507 e. The zero-order valence-electron chi connectivity index (χ0n) is 10.3. The minimum absolute atomic E-state index is 0.0886. The molecule has 0 aliphatic rings. The summed E-state index contributed by atoms with van der Waals surface area (Å²) in [6.45, 7) is 0. The van der Waals surface area contributed by atoms with Crippen LogP contribution in [-0.2, 0) is 4.74 Å². The number of esters is 1. The Hall–Kier alpha value is -2.62. The van der Waals surface area contributed by atoms with Gasteiger partial charge in [0.15, 0.2) is 6.29 Å². The molecule has 0 amide bonds. The van der Waals surface area contributed by atoms with Gasteiger partial charge in [-0.2, -0.15) is 0 Å². The summed E-state index contributed by atoms with van der Waals surface area (Å²) in [6, 6.07) is 11.5. The number of hydrogen-bond donors (Lipinski definition) is 1. The van der Waals surface area contributed by atoms with E-state index in [4.69, 9.17) is 4.74 Å². The Morgan fingerprint density at radius 2 is 1.95 bits per heavy atom. The number of carbonyl (C=O) groups is 2. The lowest BCUT2D eigenvalue weighted by Gasteiger charge is -2.09. The Bertz CT molecular complexity index is 632. The van der Waals surface area contributed by atoms with Crippen LogP contribution < -0.4 is 0 Å². The molecule has 0 saturated heterocycles. The molecule has 0 atom stereocenters. The molecule has 96 valence electrons. The van der Waals surface area contributed by atoms with Crippen LogP contribution >= 0.6 is 0 Å². The number of hydrogen-bond acceptors (Lipinski definition) is 4. The molecule has 2 rings (SSSR count). The van der Waals surface area contributed by atoms with Crippen molar-refractivity contribution in [2.75, 3.05) is 7.11 Å². The first kappa shape index (κ1) is 12.8. The van der Waals surface area contributed by atoms with Gasteiger partial charge in [-0.1, -0.05) is 24.3 Å². The molecule has 0 aliphatic carbocycles. The SMILES string of the molecule is COC(=O)c1ccccc1-c1ccc(O)c(C=O)c1. The van der Waals surface area contributed by atoms with E-state index in [1.165, 1.54) is 19.2 Å². The van der Waals surface area contributed by atoms with E-state index in [1.807, 2.05) is 0 Å². The second-order valence-electron chi connectivity index (χ2n) is 3.93. The minimum Gasteiger partial charge on any atom is -0.507 e. The maximum absolute atomic E-state index is 11.7. The number of carbonyl (C=O) groups excluding carboxylic acids is 2. The summed E-state index contributed by atoms with van der Waals surface area (Å²) in [6.07, 6.45) is 0.569. The van der Waals surface area contributed by atoms with Crippen molar-refractivity contribution in [3.05, 3.63) is 53.6 Å². The molecule has 4 heteroatoms. The maximum Gasteiger partial charge on any atom is 0.338 e. The molecule has 19 heavy (non-hydrogen) atoms. The van der Waals surface area contributed by atoms with Crippen molar-refractivity contribution >= 4 is 12.3 Å². The summed E-state index contributed by atoms with van der Waals surface area (Å²) in [7, 11) is 1.31. The number of phenolic OH excluding ortho intramolecular Hbond substituents is 1. The molecule has 0 spiro atoms. The molecular weight excluding hydrogens is 244 g/mol. The molecular formula is C15H12O4. The van der Waals surface area contributed by atoms with Gasteiger partial charge in [0.05, 0.1) is 18.2 Å². The maximum atomic E-state index is 11.7. The van der Waals surface area contributed by atoms with Gasteiger partial charge < -0.3 is 9.84 Å². The molecule has 0 aromatic heterocycles. The number of ether oxygens (including phenoxy) is 1. The van der Waals surface area contributed by atoms with Crippen LogP contribution in [0.1, 0.15) is 20.7 Å². The van der Waals surface area contributed by atoms with E-state index in [-0.39, 0.29) is 11.3 Å². The zero-order valence-corrected chi connectivity index (χ0v) is 10.3. The van der Waals surface area contributed by atoms with Gasteiger partial charge in [0.1, 0.15) is 5.75 Å². The highest BCUT2D eigenvalue weighted by Crippen LogP contribution is 2.28. The Balaban J connectivity index is 2.59. The van der Waals surface area contributed by atoms with Crippen molar-refractivity contribution in [1.82, 2.24) is 0 Å². The number of aldehydes is 1. The third-order valence-corrected chi connectivity index (χ3v) is 2.80. The molecule has 0 unspecified atom stereocenters. The van der Waals surface area contributed by atoms with Crippen LogP contribution in [0.15, 0.2) is 42.5 Å². The first-order chi connectivity index (χ1) is 9.17. The quantitative estimate of drug-likeness (QED) is 0.677. The Kier molecular flexibility index (Phi) is 3.61. The van der Waals surface area contributed by atoms with E-state index in [1.54, 1.807) is 30.3 Å². The molecule has 0 aliphatic heterocycles. The van der Waals surface area contributed by atoms with Gasteiger partial charge in [0, 0.05) is 0 Å². The van der Waals surface area contributed by atoms with Crippen molar-refractivity contribution in [1.29, 1.82) is 0 Å². The normalized spacial score (nSPS) is 9.95. The summed E-state index contributed by atoms with van der Waals surface area (Å²) in [5, 5.41) is 9.48. The highest BCUT2D eigenvalue weighted by Gasteiger charge is 2.13. The summed E-state index contributed by atoms with van der Waals surface area (Å²) in [4.78, 5) is 22.5. The van der Waals surface area contributed by atoms with Crippen molar-refractivity contribution in [2.45, 2.75) is 0 Å². The van der Waals surface area contributed by atoms with Crippen LogP contribution in [0.3, 0.4) is 0 Å².